The van der Waals surface area contributed by atoms with Crippen LogP contribution in [-0.2, 0) is 12.8 Å². The Balaban J connectivity index is 1.25. The summed E-state index contributed by atoms with van der Waals surface area (Å²) in [4.78, 5) is 8.95. The maximum atomic E-state index is 15.0. The van der Waals surface area contributed by atoms with Gasteiger partial charge in [-0.05, 0) is 74.0 Å². The quantitative estimate of drug-likeness (QED) is 0.211. The summed E-state index contributed by atoms with van der Waals surface area (Å²) in [6, 6.07) is 1.71. The highest BCUT2D eigenvalue weighted by Gasteiger charge is 2.30. The van der Waals surface area contributed by atoms with Crippen LogP contribution >= 0.6 is 0 Å². The molecule has 0 amide bonds. The van der Waals surface area contributed by atoms with Gasteiger partial charge in [-0.3, -0.25) is 0 Å². The highest BCUT2D eigenvalue weighted by molar-refractivity contribution is 5.41. The summed E-state index contributed by atoms with van der Waals surface area (Å²) in [6.45, 7) is 5.56. The minimum Gasteiger partial charge on any atom is -0.490 e. The molecule has 6 heteroatoms. The fourth-order valence-electron chi connectivity index (χ4n) is 5.68. The molecule has 0 bridgehead atoms. The van der Waals surface area contributed by atoms with Crippen LogP contribution in [-0.4, -0.2) is 23.2 Å². The summed E-state index contributed by atoms with van der Waals surface area (Å²) in [5, 5.41) is 0. The van der Waals surface area contributed by atoms with E-state index in [-0.39, 0.29) is 11.7 Å². The number of rotatable bonds is 16. The van der Waals surface area contributed by atoms with Crippen LogP contribution in [0.25, 0.3) is 0 Å². The van der Waals surface area contributed by atoms with E-state index in [1.807, 2.05) is 0 Å². The van der Waals surface area contributed by atoms with Gasteiger partial charge in [-0.15, -0.1) is 0 Å². The fraction of sp³-hybridized carbons (Fsp3) is 0.677. The highest BCUT2D eigenvalue weighted by Crippen LogP contribution is 2.41. The zero-order valence-corrected chi connectivity index (χ0v) is 22.7. The predicted molar refractivity (Wildman–Crippen MR) is 143 cm³/mol. The first-order valence-electron chi connectivity index (χ1n) is 14.7. The smallest absolute Gasteiger partial charge is 0.200 e. The molecule has 2 unspecified atom stereocenters. The van der Waals surface area contributed by atoms with Gasteiger partial charge >= 0.3 is 0 Å². The molecule has 2 aliphatic rings. The van der Waals surface area contributed by atoms with Crippen molar-refractivity contribution in [2.75, 3.05) is 13.2 Å². The van der Waals surface area contributed by atoms with E-state index in [1.54, 1.807) is 18.5 Å². The third-order valence-electron chi connectivity index (χ3n) is 8.15. The van der Waals surface area contributed by atoms with Crippen molar-refractivity contribution in [3.05, 3.63) is 47.0 Å². The molecule has 37 heavy (non-hydrogen) atoms. The van der Waals surface area contributed by atoms with Crippen molar-refractivity contribution in [3.63, 3.8) is 0 Å². The monoisotopic (exact) mass is 514 g/mol. The number of halogens is 2. The molecule has 0 aliphatic heterocycles. The average molecular weight is 515 g/mol. The molecule has 0 N–H and O–H groups in total. The predicted octanol–water partition coefficient (Wildman–Crippen LogP) is 8.36. The second-order valence-corrected chi connectivity index (χ2v) is 11.0. The molecule has 1 aromatic carbocycles. The lowest BCUT2D eigenvalue weighted by atomic mass is 9.83. The van der Waals surface area contributed by atoms with Gasteiger partial charge in [0.25, 0.3) is 0 Å². The van der Waals surface area contributed by atoms with Crippen LogP contribution in [0.5, 0.6) is 11.5 Å². The van der Waals surface area contributed by atoms with E-state index >= 15 is 4.39 Å². The Kier molecular flexibility index (Phi) is 10.6. The third kappa shape index (κ3) is 7.87. The van der Waals surface area contributed by atoms with Crippen LogP contribution in [0, 0.1) is 23.5 Å². The van der Waals surface area contributed by atoms with Crippen LogP contribution < -0.4 is 9.47 Å². The number of benzene rings is 1. The van der Waals surface area contributed by atoms with E-state index in [1.165, 1.54) is 44.9 Å². The van der Waals surface area contributed by atoms with Crippen LogP contribution in [0.4, 0.5) is 8.78 Å². The molecule has 1 aromatic heterocycles. The second-order valence-electron chi connectivity index (χ2n) is 11.0. The van der Waals surface area contributed by atoms with Gasteiger partial charge in [0.15, 0.2) is 17.3 Å². The van der Waals surface area contributed by atoms with Crippen molar-refractivity contribution in [2.45, 2.75) is 110 Å². The minimum atomic E-state index is -0.869. The van der Waals surface area contributed by atoms with Crippen LogP contribution in [0.15, 0.2) is 18.5 Å². The number of unbranched alkanes of at least 4 members (excludes halogenated alkanes) is 5. The summed E-state index contributed by atoms with van der Waals surface area (Å²) in [5.74, 6) is 1.52. The van der Waals surface area contributed by atoms with Crippen molar-refractivity contribution >= 4 is 0 Å². The molecule has 0 radical (unpaired) electrons. The first kappa shape index (κ1) is 27.8. The topological polar surface area (TPSA) is 44.2 Å². The standard InChI is InChI=1S/C31H44F2N2O2/c1-3-5-6-9-16-36-26-20-34-31(35-21-26)25-15-14-24-19-28(30(33)29(32)27(24)18-25)37-17-10-7-8-11-22(4-2)23-12-13-23/h19-23,25H,3-18H2,1-2H3. The van der Waals surface area contributed by atoms with Gasteiger partial charge in [-0.1, -0.05) is 58.8 Å². The van der Waals surface area contributed by atoms with Crippen LogP contribution in [0.2, 0.25) is 0 Å². The summed E-state index contributed by atoms with van der Waals surface area (Å²) >= 11 is 0. The van der Waals surface area contributed by atoms with Gasteiger partial charge in [0.2, 0.25) is 5.82 Å². The lowest BCUT2D eigenvalue weighted by molar-refractivity contribution is 0.280. The van der Waals surface area contributed by atoms with E-state index in [9.17, 15) is 4.39 Å². The Labute approximate surface area is 221 Å². The van der Waals surface area contributed by atoms with E-state index in [4.69, 9.17) is 9.47 Å². The third-order valence-corrected chi connectivity index (χ3v) is 8.15. The van der Waals surface area contributed by atoms with Crippen molar-refractivity contribution < 1.29 is 18.3 Å². The zero-order valence-electron chi connectivity index (χ0n) is 22.7. The van der Waals surface area contributed by atoms with Gasteiger partial charge in [-0.25, -0.2) is 14.4 Å². The van der Waals surface area contributed by atoms with Crippen molar-refractivity contribution in [2.24, 2.45) is 11.8 Å². The van der Waals surface area contributed by atoms with Crippen molar-refractivity contribution in [1.29, 1.82) is 0 Å². The van der Waals surface area contributed by atoms with Gasteiger partial charge in [0.1, 0.15) is 5.82 Å². The minimum absolute atomic E-state index is 0.0330. The molecule has 1 heterocycles. The highest BCUT2D eigenvalue weighted by atomic mass is 19.2. The summed E-state index contributed by atoms with van der Waals surface area (Å²) < 4.78 is 41.3. The number of ether oxygens (including phenoxy) is 2. The Morgan fingerprint density at radius 1 is 0.892 bits per heavy atom. The largest absolute Gasteiger partial charge is 0.490 e. The molecule has 4 nitrogen and oxygen atoms in total. The average Bonchev–Trinajstić information content (AvgIpc) is 3.76. The van der Waals surface area contributed by atoms with Crippen LogP contribution in [0.1, 0.15) is 114 Å². The molecular weight excluding hydrogens is 470 g/mol. The van der Waals surface area contributed by atoms with Crippen molar-refractivity contribution in [3.8, 4) is 11.5 Å². The number of hydrogen-bond donors (Lipinski definition) is 0. The number of fused-ring (bicyclic) bond motifs is 1. The number of aryl methyl sites for hydroxylation is 1. The molecule has 1 fully saturated rings. The first-order chi connectivity index (χ1) is 18.1. The molecule has 2 atom stereocenters. The Morgan fingerprint density at radius 3 is 2.32 bits per heavy atom. The van der Waals surface area contributed by atoms with Crippen LogP contribution in [0.3, 0.4) is 0 Å². The molecule has 204 valence electrons. The fourth-order valence-corrected chi connectivity index (χ4v) is 5.68. The summed E-state index contributed by atoms with van der Waals surface area (Å²) in [7, 11) is 0. The SMILES string of the molecule is CCCCCCOc1cnc(C2CCc3cc(OCCCCCC(CC)C4CC4)c(F)c(F)c3C2)nc1. The van der Waals surface area contributed by atoms with Gasteiger partial charge in [-0.2, -0.15) is 4.39 Å². The summed E-state index contributed by atoms with van der Waals surface area (Å²) in [6.07, 6.45) is 18.3. The Morgan fingerprint density at radius 2 is 1.62 bits per heavy atom. The molecule has 1 saturated carbocycles. The molecule has 0 saturated heterocycles. The lowest BCUT2D eigenvalue weighted by Crippen LogP contribution is -2.18. The zero-order chi connectivity index (χ0) is 26.0. The molecule has 0 spiro atoms. The van der Waals surface area contributed by atoms with E-state index in [0.717, 1.165) is 49.5 Å². The van der Waals surface area contributed by atoms with E-state index in [2.05, 4.69) is 23.8 Å². The molecular formula is C31H44F2N2O2. The number of nitrogens with zero attached hydrogens (tertiary/aromatic N) is 2. The number of hydrogen-bond acceptors (Lipinski definition) is 4. The maximum absolute atomic E-state index is 15.0. The molecule has 4 rings (SSSR count). The first-order valence-corrected chi connectivity index (χ1v) is 14.7. The van der Waals surface area contributed by atoms with Crippen molar-refractivity contribution in [1.82, 2.24) is 9.97 Å². The number of aromatic nitrogens is 2. The summed E-state index contributed by atoms with van der Waals surface area (Å²) in [5.41, 5.74) is 1.28. The Bertz CT molecular complexity index is 978. The molecule has 2 aromatic rings. The van der Waals surface area contributed by atoms with Gasteiger partial charge < -0.3 is 9.47 Å². The second kappa shape index (κ2) is 14.1. The van der Waals surface area contributed by atoms with E-state index < -0.39 is 11.6 Å². The maximum Gasteiger partial charge on any atom is 0.200 e. The lowest BCUT2D eigenvalue weighted by Gasteiger charge is -2.25. The molecule has 2 aliphatic carbocycles. The normalized spacial score (nSPS) is 17.9. The Hall–Kier alpha value is -2.24. The van der Waals surface area contributed by atoms with E-state index in [0.29, 0.717) is 43.2 Å². The van der Waals surface area contributed by atoms with Gasteiger partial charge in [0, 0.05) is 5.92 Å². The van der Waals surface area contributed by atoms with Gasteiger partial charge in [0.05, 0.1) is 25.6 Å².